The Morgan fingerprint density at radius 3 is 2.43 bits per heavy atom. The van der Waals surface area contributed by atoms with Crippen LogP contribution in [0.15, 0.2) is 48.8 Å². The molecule has 1 aromatic carbocycles. The van der Waals surface area contributed by atoms with Crippen LogP contribution in [-0.4, -0.2) is 17.4 Å². The third-order valence-electron chi connectivity index (χ3n) is 4.78. The number of nitrogens with zero attached hydrogens (tertiary/aromatic N) is 2. The first kappa shape index (κ1) is 17.2. The van der Waals surface area contributed by atoms with E-state index in [9.17, 15) is 10.1 Å². The molecule has 2 rings (SSSR count). The Morgan fingerprint density at radius 2 is 1.83 bits per heavy atom. The van der Waals surface area contributed by atoms with Crippen LogP contribution in [0.5, 0.6) is 0 Å². The van der Waals surface area contributed by atoms with E-state index in [4.69, 9.17) is 0 Å². The summed E-state index contributed by atoms with van der Waals surface area (Å²) in [5, 5.41) is 11.8. The molecule has 0 amide bonds. The Balaban J connectivity index is 2.55. The minimum atomic E-state index is -1.73. The number of allylic oxidation sites excluding steroid dienone is 2. The van der Waals surface area contributed by atoms with Gasteiger partial charge >= 0.3 is 0 Å². The Hall–Kier alpha value is -2.14. The van der Waals surface area contributed by atoms with Crippen molar-refractivity contribution in [1.29, 1.82) is 0 Å². The summed E-state index contributed by atoms with van der Waals surface area (Å²) >= 11 is 0. The fourth-order valence-corrected chi connectivity index (χ4v) is 4.42. The van der Waals surface area contributed by atoms with Crippen LogP contribution < -0.4 is 0 Å². The van der Waals surface area contributed by atoms with Crippen molar-refractivity contribution in [3.05, 3.63) is 64.5 Å². The molecule has 0 radical (unpaired) electrons. The largest absolute Gasteiger partial charge is 0.373 e. The zero-order valence-corrected chi connectivity index (χ0v) is 15.4. The summed E-state index contributed by atoms with van der Waals surface area (Å²) in [5.74, 6) is 0. The molecule has 1 aromatic heterocycles. The normalized spacial score (nSPS) is 13.4. The van der Waals surface area contributed by atoms with Crippen molar-refractivity contribution in [2.45, 2.75) is 38.9 Å². The molecule has 0 N–H and O–H groups in total. The smallest absolute Gasteiger partial charge is 0.234 e. The number of para-hydroxylation sites is 1. The van der Waals surface area contributed by atoms with E-state index >= 15 is 0 Å². The van der Waals surface area contributed by atoms with Crippen molar-refractivity contribution in [2.75, 3.05) is 0 Å². The molecule has 122 valence electrons. The van der Waals surface area contributed by atoms with E-state index in [0.717, 1.165) is 11.8 Å². The molecule has 0 aliphatic heterocycles. The van der Waals surface area contributed by atoms with Crippen LogP contribution in [0.1, 0.15) is 26.3 Å². The topological polar surface area (TPSA) is 48.1 Å². The number of aromatic nitrogens is 1. The van der Waals surface area contributed by atoms with Crippen molar-refractivity contribution < 1.29 is 4.92 Å². The van der Waals surface area contributed by atoms with Gasteiger partial charge in [0.05, 0.1) is 4.92 Å². The molecule has 4 nitrogen and oxygen atoms in total. The minimum Gasteiger partial charge on any atom is -0.373 e. The predicted octanol–water partition coefficient (Wildman–Crippen LogP) is 5.30. The lowest BCUT2D eigenvalue weighted by Crippen LogP contribution is -2.44. The summed E-state index contributed by atoms with van der Waals surface area (Å²) in [6, 6.07) is 8.35. The van der Waals surface area contributed by atoms with Crippen LogP contribution in [0.4, 0.5) is 0 Å². The van der Waals surface area contributed by atoms with E-state index in [1.165, 1.54) is 17.0 Å². The number of hydrogen-bond acceptors (Lipinski definition) is 2. The maximum Gasteiger partial charge on any atom is 0.234 e. The van der Waals surface area contributed by atoms with E-state index in [2.05, 4.69) is 62.5 Å². The Labute approximate surface area is 138 Å². The van der Waals surface area contributed by atoms with Gasteiger partial charge in [0.25, 0.3) is 0 Å². The molecule has 0 spiro atoms. The van der Waals surface area contributed by atoms with Gasteiger partial charge in [0, 0.05) is 23.2 Å². The summed E-state index contributed by atoms with van der Waals surface area (Å²) < 4.78 is 2.44. The van der Waals surface area contributed by atoms with Crippen molar-refractivity contribution in [1.82, 2.24) is 4.23 Å². The third-order valence-corrected chi connectivity index (χ3v) is 10.0. The molecule has 0 fully saturated rings. The summed E-state index contributed by atoms with van der Waals surface area (Å²) in [4.78, 5) is 9.90. The molecular weight excluding hydrogens is 304 g/mol. The van der Waals surface area contributed by atoms with Crippen LogP contribution in [0.3, 0.4) is 0 Å². The SMILES string of the molecule is CC(C)(C)[Si](C)(C)n1cc(/C=C/C=C/[N+](=O)[O-])c2ccccc21. The zero-order valence-electron chi connectivity index (χ0n) is 14.4. The number of nitro groups is 1. The summed E-state index contributed by atoms with van der Waals surface area (Å²) in [6.45, 7) is 11.6. The maximum absolute atomic E-state index is 10.4. The van der Waals surface area contributed by atoms with Gasteiger partial charge in [-0.3, -0.25) is 10.1 Å². The average molecular weight is 328 g/mol. The molecule has 0 aliphatic rings. The molecule has 23 heavy (non-hydrogen) atoms. The Kier molecular flexibility index (Phi) is 4.61. The van der Waals surface area contributed by atoms with Gasteiger partial charge in [-0.2, -0.15) is 0 Å². The number of hydrogen-bond donors (Lipinski definition) is 0. The highest BCUT2D eigenvalue weighted by Gasteiger charge is 2.38. The lowest BCUT2D eigenvalue weighted by molar-refractivity contribution is -0.402. The molecule has 0 aliphatic carbocycles. The van der Waals surface area contributed by atoms with Gasteiger partial charge in [-0.25, -0.2) is 0 Å². The van der Waals surface area contributed by atoms with Gasteiger partial charge < -0.3 is 4.23 Å². The van der Waals surface area contributed by atoms with Crippen molar-refractivity contribution in [3.8, 4) is 0 Å². The van der Waals surface area contributed by atoms with Crippen LogP contribution >= 0.6 is 0 Å². The van der Waals surface area contributed by atoms with Crippen LogP contribution in [0, 0.1) is 10.1 Å². The predicted molar refractivity (Wildman–Crippen MR) is 99.7 cm³/mol. The summed E-state index contributed by atoms with van der Waals surface area (Å²) in [5.41, 5.74) is 2.33. The van der Waals surface area contributed by atoms with Crippen LogP contribution in [0.2, 0.25) is 18.1 Å². The number of fused-ring (bicyclic) bond motifs is 1. The van der Waals surface area contributed by atoms with Gasteiger partial charge in [-0.1, -0.05) is 64.2 Å². The number of benzene rings is 1. The first-order chi connectivity index (χ1) is 10.6. The standard InChI is InChI=1S/C18H24N2O2Si/c1-18(2,3)23(4,5)19-14-15(10-8-9-13-20(21)22)16-11-6-7-12-17(16)19/h6-14H,1-5H3/b10-8+,13-9+. The van der Waals surface area contributed by atoms with E-state index in [-0.39, 0.29) is 5.04 Å². The van der Waals surface area contributed by atoms with E-state index in [1.54, 1.807) is 6.08 Å². The van der Waals surface area contributed by atoms with Gasteiger partial charge in [0.1, 0.15) is 0 Å². The third kappa shape index (κ3) is 3.45. The Bertz CT molecular complexity index is 780. The van der Waals surface area contributed by atoms with E-state index < -0.39 is 13.2 Å². The van der Waals surface area contributed by atoms with Gasteiger partial charge in [-0.15, -0.1) is 0 Å². The summed E-state index contributed by atoms with van der Waals surface area (Å²) in [7, 11) is -1.73. The van der Waals surface area contributed by atoms with E-state index in [1.807, 2.05) is 12.1 Å². The second kappa shape index (κ2) is 6.16. The highest BCUT2D eigenvalue weighted by Crippen LogP contribution is 2.39. The second-order valence-corrected chi connectivity index (χ2v) is 12.4. The number of rotatable bonds is 4. The highest BCUT2D eigenvalue weighted by molar-refractivity contribution is 6.79. The molecular formula is C18H24N2O2Si. The van der Waals surface area contributed by atoms with Gasteiger partial charge in [0.2, 0.25) is 6.20 Å². The quantitative estimate of drug-likeness (QED) is 0.331. The second-order valence-electron chi connectivity index (χ2n) is 7.27. The lowest BCUT2D eigenvalue weighted by Gasteiger charge is -2.38. The molecule has 0 saturated heterocycles. The zero-order chi connectivity index (χ0) is 17.3. The molecule has 5 heteroatoms. The molecule has 0 bridgehead atoms. The lowest BCUT2D eigenvalue weighted by atomic mass is 10.1. The Morgan fingerprint density at radius 1 is 1.17 bits per heavy atom. The van der Waals surface area contributed by atoms with Crippen LogP contribution in [-0.2, 0) is 0 Å². The first-order valence-corrected chi connectivity index (χ1v) is 10.7. The first-order valence-electron chi connectivity index (χ1n) is 7.73. The fraction of sp³-hybridized carbons (Fsp3) is 0.333. The van der Waals surface area contributed by atoms with Gasteiger partial charge in [-0.05, 0) is 16.7 Å². The highest BCUT2D eigenvalue weighted by atomic mass is 28.3. The fourth-order valence-electron chi connectivity index (χ4n) is 2.44. The monoisotopic (exact) mass is 328 g/mol. The van der Waals surface area contributed by atoms with Crippen molar-refractivity contribution >= 4 is 25.2 Å². The van der Waals surface area contributed by atoms with E-state index in [0.29, 0.717) is 0 Å². The average Bonchev–Trinajstić information content (AvgIpc) is 2.82. The molecule has 2 aromatic rings. The van der Waals surface area contributed by atoms with Crippen LogP contribution in [0.25, 0.3) is 17.0 Å². The van der Waals surface area contributed by atoms with Crippen molar-refractivity contribution in [2.24, 2.45) is 0 Å². The minimum absolute atomic E-state index is 0.224. The molecule has 0 unspecified atom stereocenters. The maximum atomic E-state index is 10.4. The van der Waals surface area contributed by atoms with Gasteiger partial charge in [0.15, 0.2) is 8.24 Å². The summed E-state index contributed by atoms with van der Waals surface area (Å²) in [6.07, 6.45) is 8.26. The van der Waals surface area contributed by atoms with Crippen molar-refractivity contribution in [3.63, 3.8) is 0 Å². The molecule has 1 heterocycles. The molecule has 0 atom stereocenters. The molecule has 0 saturated carbocycles.